The zero-order valence-electron chi connectivity index (χ0n) is 11.9. The minimum Gasteiger partial charge on any atom is -0.328 e. The van der Waals surface area contributed by atoms with Crippen LogP contribution in [0.3, 0.4) is 0 Å². The van der Waals surface area contributed by atoms with Gasteiger partial charge in [0.1, 0.15) is 5.69 Å². The number of aromatic nitrogens is 3. The van der Waals surface area contributed by atoms with Crippen molar-refractivity contribution in [3.8, 4) is 11.3 Å². The van der Waals surface area contributed by atoms with Gasteiger partial charge in [-0.15, -0.1) is 0 Å². The summed E-state index contributed by atoms with van der Waals surface area (Å²) in [5.41, 5.74) is 3.92. The second kappa shape index (κ2) is 4.84. The SMILES string of the molecule is Cc1c[nH]c(=O)c2c(-c3ccsc3)nn(C3CCCC3)c12. The number of nitrogens with zero attached hydrogens (tertiary/aromatic N) is 2. The first-order valence-corrected chi connectivity index (χ1v) is 8.33. The summed E-state index contributed by atoms with van der Waals surface area (Å²) in [6.45, 7) is 2.04. The zero-order valence-corrected chi connectivity index (χ0v) is 12.7. The molecule has 0 aromatic carbocycles. The number of fused-ring (bicyclic) bond motifs is 1. The number of rotatable bonds is 2. The van der Waals surface area contributed by atoms with E-state index in [0.717, 1.165) is 40.6 Å². The lowest BCUT2D eigenvalue weighted by atomic mass is 10.1. The van der Waals surface area contributed by atoms with Gasteiger partial charge in [-0.1, -0.05) is 12.8 Å². The Bertz CT molecular complexity index is 838. The van der Waals surface area contributed by atoms with Crippen LogP contribution < -0.4 is 5.56 Å². The van der Waals surface area contributed by atoms with E-state index in [-0.39, 0.29) is 5.56 Å². The monoisotopic (exact) mass is 299 g/mol. The maximum Gasteiger partial charge on any atom is 0.259 e. The topological polar surface area (TPSA) is 50.7 Å². The number of pyridine rings is 1. The lowest BCUT2D eigenvalue weighted by molar-refractivity contribution is 0.482. The predicted octanol–water partition coefficient (Wildman–Crippen LogP) is 3.88. The molecule has 0 atom stereocenters. The van der Waals surface area contributed by atoms with E-state index < -0.39 is 0 Å². The molecule has 0 saturated heterocycles. The van der Waals surface area contributed by atoms with Crippen molar-refractivity contribution in [3.05, 3.63) is 38.9 Å². The van der Waals surface area contributed by atoms with Crippen molar-refractivity contribution in [2.45, 2.75) is 38.6 Å². The summed E-state index contributed by atoms with van der Waals surface area (Å²) in [6, 6.07) is 2.47. The van der Waals surface area contributed by atoms with Crippen LogP contribution in [0.5, 0.6) is 0 Å². The molecule has 3 aromatic rings. The Morgan fingerprint density at radius 2 is 2.19 bits per heavy atom. The average Bonchev–Trinajstić information content (AvgIpc) is 3.21. The van der Waals surface area contributed by atoms with Gasteiger partial charge in [0.25, 0.3) is 5.56 Å². The first-order chi connectivity index (χ1) is 10.3. The Morgan fingerprint density at radius 1 is 1.38 bits per heavy atom. The number of aryl methyl sites for hydroxylation is 1. The third kappa shape index (κ3) is 1.95. The van der Waals surface area contributed by atoms with Gasteiger partial charge >= 0.3 is 0 Å². The van der Waals surface area contributed by atoms with Crippen molar-refractivity contribution in [2.24, 2.45) is 0 Å². The number of hydrogen-bond donors (Lipinski definition) is 1. The molecule has 1 fully saturated rings. The third-order valence-electron chi connectivity index (χ3n) is 4.40. The summed E-state index contributed by atoms with van der Waals surface area (Å²) in [5.74, 6) is 0. The van der Waals surface area contributed by atoms with Gasteiger partial charge in [0.15, 0.2) is 0 Å². The first kappa shape index (κ1) is 12.8. The van der Waals surface area contributed by atoms with E-state index in [1.165, 1.54) is 12.8 Å². The molecule has 0 amide bonds. The second-order valence-electron chi connectivity index (χ2n) is 5.77. The maximum atomic E-state index is 12.4. The molecule has 0 radical (unpaired) electrons. The summed E-state index contributed by atoms with van der Waals surface area (Å²) < 4.78 is 2.11. The van der Waals surface area contributed by atoms with Crippen molar-refractivity contribution >= 4 is 22.2 Å². The van der Waals surface area contributed by atoms with Crippen LogP contribution in [0, 0.1) is 6.92 Å². The minimum absolute atomic E-state index is 0.0407. The summed E-state index contributed by atoms with van der Waals surface area (Å²) in [4.78, 5) is 15.2. The summed E-state index contributed by atoms with van der Waals surface area (Å²) in [6.07, 6.45) is 6.62. The molecule has 3 heterocycles. The Balaban J connectivity index is 2.06. The van der Waals surface area contributed by atoms with Gasteiger partial charge in [0, 0.05) is 17.1 Å². The van der Waals surface area contributed by atoms with E-state index >= 15 is 0 Å². The van der Waals surface area contributed by atoms with Crippen LogP contribution in [0.15, 0.2) is 27.8 Å². The van der Waals surface area contributed by atoms with Gasteiger partial charge in [-0.3, -0.25) is 9.48 Å². The van der Waals surface area contributed by atoms with E-state index in [0.29, 0.717) is 6.04 Å². The lowest BCUT2D eigenvalue weighted by Gasteiger charge is -2.12. The van der Waals surface area contributed by atoms with Gasteiger partial charge in [-0.2, -0.15) is 16.4 Å². The number of nitrogens with one attached hydrogen (secondary N) is 1. The molecule has 1 aliphatic rings. The van der Waals surface area contributed by atoms with Crippen LogP contribution in [0.25, 0.3) is 22.2 Å². The van der Waals surface area contributed by atoms with Crippen LogP contribution in [-0.4, -0.2) is 14.8 Å². The van der Waals surface area contributed by atoms with Crippen molar-refractivity contribution in [3.63, 3.8) is 0 Å². The largest absolute Gasteiger partial charge is 0.328 e. The van der Waals surface area contributed by atoms with Gasteiger partial charge in [-0.25, -0.2) is 0 Å². The Morgan fingerprint density at radius 3 is 2.90 bits per heavy atom. The first-order valence-electron chi connectivity index (χ1n) is 7.39. The Kier molecular flexibility index (Phi) is 2.96. The van der Waals surface area contributed by atoms with E-state index in [1.807, 2.05) is 18.4 Å². The highest BCUT2D eigenvalue weighted by Gasteiger charge is 2.24. The molecule has 4 nitrogen and oxygen atoms in total. The number of H-pyrrole nitrogens is 1. The smallest absolute Gasteiger partial charge is 0.259 e. The molecule has 3 aromatic heterocycles. The van der Waals surface area contributed by atoms with Crippen molar-refractivity contribution < 1.29 is 0 Å². The molecule has 1 saturated carbocycles. The van der Waals surface area contributed by atoms with Crippen LogP contribution >= 0.6 is 11.3 Å². The Labute approximate surface area is 126 Å². The van der Waals surface area contributed by atoms with E-state index in [9.17, 15) is 4.79 Å². The zero-order chi connectivity index (χ0) is 14.4. The van der Waals surface area contributed by atoms with E-state index in [4.69, 9.17) is 5.10 Å². The van der Waals surface area contributed by atoms with E-state index in [2.05, 4.69) is 15.0 Å². The second-order valence-corrected chi connectivity index (χ2v) is 6.55. The molecule has 5 heteroatoms. The average molecular weight is 299 g/mol. The molecular weight excluding hydrogens is 282 g/mol. The lowest BCUT2D eigenvalue weighted by Crippen LogP contribution is -2.10. The molecule has 0 aliphatic heterocycles. The third-order valence-corrected chi connectivity index (χ3v) is 5.08. The standard InChI is InChI=1S/C16H17N3OS/c1-10-8-17-16(20)13-14(11-6-7-21-9-11)18-19(15(10)13)12-4-2-3-5-12/h6-9,12H,2-5H2,1H3,(H,17,20). The molecule has 108 valence electrons. The van der Waals surface area contributed by atoms with E-state index in [1.54, 1.807) is 17.5 Å². The van der Waals surface area contributed by atoms with Crippen molar-refractivity contribution in [2.75, 3.05) is 0 Å². The molecule has 0 unspecified atom stereocenters. The molecule has 4 rings (SSSR count). The highest BCUT2D eigenvalue weighted by atomic mass is 32.1. The quantitative estimate of drug-likeness (QED) is 0.780. The Hall–Kier alpha value is -1.88. The molecule has 1 N–H and O–H groups in total. The van der Waals surface area contributed by atoms with Crippen LogP contribution in [-0.2, 0) is 0 Å². The number of thiophene rings is 1. The van der Waals surface area contributed by atoms with Gasteiger partial charge in [0.05, 0.1) is 16.9 Å². The maximum absolute atomic E-state index is 12.4. The van der Waals surface area contributed by atoms with Gasteiger partial charge in [0.2, 0.25) is 0 Å². The summed E-state index contributed by atoms with van der Waals surface area (Å²) >= 11 is 1.63. The van der Waals surface area contributed by atoms with Gasteiger partial charge in [-0.05, 0) is 36.8 Å². The van der Waals surface area contributed by atoms with Gasteiger partial charge < -0.3 is 4.98 Å². The molecular formula is C16H17N3OS. The number of aromatic amines is 1. The van der Waals surface area contributed by atoms with Crippen LogP contribution in [0.2, 0.25) is 0 Å². The highest BCUT2D eigenvalue weighted by molar-refractivity contribution is 7.08. The fourth-order valence-electron chi connectivity index (χ4n) is 3.36. The molecule has 0 spiro atoms. The van der Waals surface area contributed by atoms with Crippen molar-refractivity contribution in [1.29, 1.82) is 0 Å². The van der Waals surface area contributed by atoms with Crippen LogP contribution in [0.1, 0.15) is 37.3 Å². The highest BCUT2D eigenvalue weighted by Crippen LogP contribution is 2.35. The molecule has 0 bridgehead atoms. The molecule has 21 heavy (non-hydrogen) atoms. The fourth-order valence-corrected chi connectivity index (χ4v) is 4.00. The normalized spacial score (nSPS) is 16.0. The number of hydrogen-bond acceptors (Lipinski definition) is 3. The summed E-state index contributed by atoms with van der Waals surface area (Å²) in [7, 11) is 0. The fraction of sp³-hybridized carbons (Fsp3) is 0.375. The van der Waals surface area contributed by atoms with Crippen LogP contribution in [0.4, 0.5) is 0 Å². The molecule has 1 aliphatic carbocycles. The minimum atomic E-state index is -0.0407. The van der Waals surface area contributed by atoms with Crippen molar-refractivity contribution in [1.82, 2.24) is 14.8 Å². The summed E-state index contributed by atoms with van der Waals surface area (Å²) in [5, 5.41) is 9.66. The predicted molar refractivity (Wildman–Crippen MR) is 85.9 cm³/mol.